The second-order valence-corrected chi connectivity index (χ2v) is 7.50. The Morgan fingerprint density at radius 2 is 2.04 bits per heavy atom. The molecule has 1 fully saturated rings. The maximum atomic E-state index is 5.53. The minimum atomic E-state index is 0.375. The summed E-state index contributed by atoms with van der Waals surface area (Å²) in [5, 5.41) is 0. The molecule has 5 nitrogen and oxygen atoms in total. The number of thiazole rings is 1. The summed E-state index contributed by atoms with van der Waals surface area (Å²) in [6.45, 7) is 5.23. The third-order valence-corrected chi connectivity index (χ3v) is 5.66. The van der Waals surface area contributed by atoms with Gasteiger partial charge in [-0.3, -0.25) is 0 Å². The van der Waals surface area contributed by atoms with E-state index in [9.17, 15) is 0 Å². The highest BCUT2D eigenvalue weighted by molar-refractivity contribution is 7.09. The van der Waals surface area contributed by atoms with Gasteiger partial charge in [0.2, 0.25) is 0 Å². The van der Waals surface area contributed by atoms with Crippen molar-refractivity contribution in [2.45, 2.75) is 32.4 Å². The number of benzene rings is 1. The zero-order valence-electron chi connectivity index (χ0n) is 14.8. The standard InChI is InChI=1S/C20H22N4OS/c1-15-19(26-14-23-15)11-24(10-16-5-3-2-4-6-16)20-9-18(21-13-22-20)17-7-8-25-12-17/h2-6,9,13-14,17H,7-8,10-12H2,1H3/t17-/m1/s1. The molecule has 4 rings (SSSR count). The summed E-state index contributed by atoms with van der Waals surface area (Å²) < 4.78 is 5.53. The summed E-state index contributed by atoms with van der Waals surface area (Å²) in [5.41, 5.74) is 5.34. The van der Waals surface area contributed by atoms with Crippen LogP contribution in [-0.2, 0) is 17.8 Å². The number of anilines is 1. The first-order valence-electron chi connectivity index (χ1n) is 8.87. The molecule has 134 valence electrons. The van der Waals surface area contributed by atoms with E-state index >= 15 is 0 Å². The van der Waals surface area contributed by atoms with Crippen LogP contribution in [0.3, 0.4) is 0 Å². The van der Waals surface area contributed by atoms with Crippen LogP contribution in [0.1, 0.15) is 34.2 Å². The van der Waals surface area contributed by atoms with Crippen molar-refractivity contribution in [2.75, 3.05) is 18.1 Å². The zero-order valence-corrected chi connectivity index (χ0v) is 15.7. The molecule has 0 radical (unpaired) electrons. The van der Waals surface area contributed by atoms with Gasteiger partial charge in [0.1, 0.15) is 12.1 Å². The van der Waals surface area contributed by atoms with Crippen LogP contribution in [0.25, 0.3) is 0 Å². The lowest BCUT2D eigenvalue weighted by atomic mass is 10.0. The fourth-order valence-electron chi connectivity index (χ4n) is 3.20. The molecule has 0 saturated carbocycles. The van der Waals surface area contributed by atoms with Gasteiger partial charge >= 0.3 is 0 Å². The highest BCUT2D eigenvalue weighted by Gasteiger charge is 2.21. The van der Waals surface area contributed by atoms with Gasteiger partial charge in [-0.2, -0.15) is 0 Å². The van der Waals surface area contributed by atoms with E-state index in [-0.39, 0.29) is 0 Å². The molecule has 2 aromatic heterocycles. The zero-order chi connectivity index (χ0) is 17.8. The molecule has 6 heteroatoms. The molecular formula is C20H22N4OS. The fraction of sp³-hybridized carbons (Fsp3) is 0.350. The maximum Gasteiger partial charge on any atom is 0.132 e. The van der Waals surface area contributed by atoms with E-state index < -0.39 is 0 Å². The van der Waals surface area contributed by atoms with Crippen LogP contribution in [0.4, 0.5) is 5.82 Å². The number of aryl methyl sites for hydroxylation is 1. The van der Waals surface area contributed by atoms with Gasteiger partial charge in [0, 0.05) is 30.0 Å². The summed E-state index contributed by atoms with van der Waals surface area (Å²) in [5.74, 6) is 1.33. The van der Waals surface area contributed by atoms with Crippen molar-refractivity contribution < 1.29 is 4.74 Å². The highest BCUT2D eigenvalue weighted by Crippen LogP contribution is 2.27. The molecule has 3 aromatic rings. The Balaban J connectivity index is 1.63. The monoisotopic (exact) mass is 366 g/mol. The first-order valence-corrected chi connectivity index (χ1v) is 9.75. The first-order chi connectivity index (χ1) is 12.8. The van der Waals surface area contributed by atoms with Crippen molar-refractivity contribution in [1.29, 1.82) is 0 Å². The third-order valence-electron chi connectivity index (χ3n) is 4.74. The molecule has 1 aliphatic heterocycles. The quantitative estimate of drug-likeness (QED) is 0.661. The summed E-state index contributed by atoms with van der Waals surface area (Å²) in [6, 6.07) is 12.6. The molecule has 0 N–H and O–H groups in total. The molecule has 0 bridgehead atoms. The van der Waals surface area contributed by atoms with E-state index in [1.165, 1.54) is 10.4 Å². The van der Waals surface area contributed by atoms with E-state index in [1.54, 1.807) is 17.7 Å². The number of rotatable bonds is 6. The number of aromatic nitrogens is 3. The first kappa shape index (κ1) is 17.1. The lowest BCUT2D eigenvalue weighted by Crippen LogP contribution is -2.23. The van der Waals surface area contributed by atoms with Crippen molar-refractivity contribution in [3.63, 3.8) is 0 Å². The second kappa shape index (κ2) is 7.93. The van der Waals surface area contributed by atoms with E-state index in [2.05, 4.69) is 57.1 Å². The van der Waals surface area contributed by atoms with Crippen molar-refractivity contribution in [2.24, 2.45) is 0 Å². The summed E-state index contributed by atoms with van der Waals surface area (Å²) in [6.07, 6.45) is 2.71. The molecule has 0 aliphatic carbocycles. The molecule has 3 heterocycles. The molecule has 26 heavy (non-hydrogen) atoms. The van der Waals surface area contributed by atoms with Gasteiger partial charge in [-0.05, 0) is 18.9 Å². The normalized spacial score (nSPS) is 16.7. The molecule has 1 saturated heterocycles. The van der Waals surface area contributed by atoms with Gasteiger partial charge in [0.05, 0.1) is 30.1 Å². The maximum absolute atomic E-state index is 5.53. The van der Waals surface area contributed by atoms with Gasteiger partial charge in [-0.25, -0.2) is 15.0 Å². The predicted molar refractivity (Wildman–Crippen MR) is 103 cm³/mol. The van der Waals surface area contributed by atoms with Crippen LogP contribution in [0.5, 0.6) is 0 Å². The van der Waals surface area contributed by atoms with E-state index in [0.29, 0.717) is 5.92 Å². The summed E-state index contributed by atoms with van der Waals surface area (Å²) in [7, 11) is 0. The van der Waals surface area contributed by atoms with E-state index in [0.717, 1.165) is 49.9 Å². The minimum Gasteiger partial charge on any atom is -0.381 e. The van der Waals surface area contributed by atoms with Crippen LogP contribution in [0.15, 0.2) is 48.2 Å². The molecule has 1 aliphatic rings. The van der Waals surface area contributed by atoms with Crippen molar-refractivity contribution in [3.05, 3.63) is 70.1 Å². The average molecular weight is 366 g/mol. The molecule has 1 aromatic carbocycles. The van der Waals surface area contributed by atoms with E-state index in [4.69, 9.17) is 4.74 Å². The largest absolute Gasteiger partial charge is 0.381 e. The van der Waals surface area contributed by atoms with Gasteiger partial charge in [0.15, 0.2) is 0 Å². The topological polar surface area (TPSA) is 51.1 Å². The number of hydrogen-bond acceptors (Lipinski definition) is 6. The molecule has 0 amide bonds. The third kappa shape index (κ3) is 3.92. The van der Waals surface area contributed by atoms with E-state index in [1.807, 2.05) is 11.6 Å². The smallest absolute Gasteiger partial charge is 0.132 e. The second-order valence-electron chi connectivity index (χ2n) is 6.56. The number of ether oxygens (including phenoxy) is 1. The van der Waals surface area contributed by atoms with Crippen molar-refractivity contribution >= 4 is 17.2 Å². The molecule has 0 unspecified atom stereocenters. The molecule has 1 atom stereocenters. The Kier molecular flexibility index (Phi) is 5.22. The predicted octanol–water partition coefficient (Wildman–Crippen LogP) is 3.95. The molecule has 0 spiro atoms. The highest BCUT2D eigenvalue weighted by atomic mass is 32.1. The van der Waals surface area contributed by atoms with Gasteiger partial charge in [0.25, 0.3) is 0 Å². The Bertz CT molecular complexity index is 846. The summed E-state index contributed by atoms with van der Waals surface area (Å²) >= 11 is 1.70. The Hall–Kier alpha value is -2.31. The lowest BCUT2D eigenvalue weighted by molar-refractivity contribution is 0.193. The van der Waals surface area contributed by atoms with Crippen LogP contribution in [0, 0.1) is 6.92 Å². The number of nitrogens with zero attached hydrogens (tertiary/aromatic N) is 4. The summed E-state index contributed by atoms with van der Waals surface area (Å²) in [4.78, 5) is 17.0. The fourth-order valence-corrected chi connectivity index (χ4v) is 3.99. The van der Waals surface area contributed by atoms with Gasteiger partial charge < -0.3 is 9.64 Å². The number of hydrogen-bond donors (Lipinski definition) is 0. The Morgan fingerprint density at radius 3 is 2.77 bits per heavy atom. The van der Waals surface area contributed by atoms with Crippen molar-refractivity contribution in [3.8, 4) is 0 Å². The SMILES string of the molecule is Cc1ncsc1CN(Cc1ccccc1)c1cc([C@@H]2CCOC2)ncn1. The van der Waals surface area contributed by atoms with Crippen molar-refractivity contribution in [1.82, 2.24) is 15.0 Å². The average Bonchev–Trinajstić information content (AvgIpc) is 3.35. The minimum absolute atomic E-state index is 0.375. The van der Waals surface area contributed by atoms with Crippen LogP contribution < -0.4 is 4.90 Å². The van der Waals surface area contributed by atoms with Crippen LogP contribution in [0.2, 0.25) is 0 Å². The van der Waals surface area contributed by atoms with Gasteiger partial charge in [-0.15, -0.1) is 11.3 Å². The lowest BCUT2D eigenvalue weighted by Gasteiger charge is -2.24. The molecular weight excluding hydrogens is 344 g/mol. The van der Waals surface area contributed by atoms with Gasteiger partial charge in [-0.1, -0.05) is 30.3 Å². The van der Waals surface area contributed by atoms with Crippen LogP contribution in [-0.4, -0.2) is 28.2 Å². The Labute approximate surface area is 157 Å². The van der Waals surface area contributed by atoms with Crippen LogP contribution >= 0.6 is 11.3 Å². The Morgan fingerprint density at radius 1 is 1.15 bits per heavy atom.